The normalized spacial score (nSPS) is 10.1. The van der Waals surface area contributed by atoms with E-state index in [9.17, 15) is 9.59 Å². The van der Waals surface area contributed by atoms with E-state index in [4.69, 9.17) is 0 Å². The summed E-state index contributed by atoms with van der Waals surface area (Å²) < 4.78 is 0. The molecule has 0 saturated heterocycles. The number of hydrogen-bond acceptors (Lipinski definition) is 2. The van der Waals surface area contributed by atoms with E-state index in [1.54, 1.807) is 0 Å². The standard InChI is InChI=1S/C11H22N2O2/c1-4-5-10(14)12-7-6-11(15)13-8-9(2)3/h9H,4-8H2,1-3H3,(H,12,14)(H,13,15). The second-order valence-electron chi connectivity index (χ2n) is 4.05. The molecule has 0 atom stereocenters. The van der Waals surface area contributed by atoms with Gasteiger partial charge in [0.05, 0.1) is 0 Å². The molecule has 4 nitrogen and oxygen atoms in total. The van der Waals surface area contributed by atoms with Gasteiger partial charge in [-0.05, 0) is 12.3 Å². The quantitative estimate of drug-likeness (QED) is 0.666. The number of nitrogens with one attached hydrogen (secondary N) is 2. The molecule has 88 valence electrons. The van der Waals surface area contributed by atoms with Gasteiger partial charge in [0.25, 0.3) is 0 Å². The molecule has 0 fully saturated rings. The third-order valence-electron chi connectivity index (χ3n) is 1.86. The van der Waals surface area contributed by atoms with Gasteiger partial charge >= 0.3 is 0 Å². The van der Waals surface area contributed by atoms with Crippen LogP contribution in [-0.4, -0.2) is 24.9 Å². The highest BCUT2D eigenvalue weighted by molar-refractivity contribution is 5.78. The van der Waals surface area contributed by atoms with Crippen LogP contribution >= 0.6 is 0 Å². The van der Waals surface area contributed by atoms with Gasteiger partial charge in [-0.15, -0.1) is 0 Å². The largest absolute Gasteiger partial charge is 0.356 e. The molecule has 0 bridgehead atoms. The molecular weight excluding hydrogens is 192 g/mol. The first kappa shape index (κ1) is 13.9. The van der Waals surface area contributed by atoms with Gasteiger partial charge < -0.3 is 10.6 Å². The molecule has 0 rings (SSSR count). The predicted molar refractivity (Wildman–Crippen MR) is 60.4 cm³/mol. The summed E-state index contributed by atoms with van der Waals surface area (Å²) in [6, 6.07) is 0. The molecule has 0 aromatic carbocycles. The van der Waals surface area contributed by atoms with Crippen LogP contribution in [0.3, 0.4) is 0 Å². The molecular formula is C11H22N2O2. The minimum Gasteiger partial charge on any atom is -0.356 e. The summed E-state index contributed by atoms with van der Waals surface area (Å²) in [5.41, 5.74) is 0. The fraction of sp³-hybridized carbons (Fsp3) is 0.818. The predicted octanol–water partition coefficient (Wildman–Crippen LogP) is 1.06. The zero-order valence-corrected chi connectivity index (χ0v) is 9.93. The summed E-state index contributed by atoms with van der Waals surface area (Å²) in [6.45, 7) is 7.17. The summed E-state index contributed by atoms with van der Waals surface area (Å²) >= 11 is 0. The lowest BCUT2D eigenvalue weighted by Crippen LogP contribution is -2.32. The number of hydrogen-bond donors (Lipinski definition) is 2. The van der Waals surface area contributed by atoms with Gasteiger partial charge in [-0.2, -0.15) is 0 Å². The molecule has 0 heterocycles. The summed E-state index contributed by atoms with van der Waals surface area (Å²) in [5, 5.41) is 5.50. The van der Waals surface area contributed by atoms with Crippen LogP contribution in [0, 0.1) is 5.92 Å². The third-order valence-corrected chi connectivity index (χ3v) is 1.86. The summed E-state index contributed by atoms with van der Waals surface area (Å²) in [4.78, 5) is 22.3. The van der Waals surface area contributed by atoms with Crippen LogP contribution in [0.4, 0.5) is 0 Å². The van der Waals surface area contributed by atoms with Crippen molar-refractivity contribution in [1.82, 2.24) is 10.6 Å². The van der Waals surface area contributed by atoms with Crippen molar-refractivity contribution in [3.05, 3.63) is 0 Å². The maximum atomic E-state index is 11.2. The van der Waals surface area contributed by atoms with Crippen LogP contribution in [0.25, 0.3) is 0 Å². The molecule has 0 aliphatic rings. The highest BCUT2D eigenvalue weighted by Crippen LogP contribution is 1.89. The molecule has 0 aromatic heterocycles. The molecule has 0 radical (unpaired) electrons. The van der Waals surface area contributed by atoms with Crippen molar-refractivity contribution >= 4 is 11.8 Å². The van der Waals surface area contributed by atoms with Crippen molar-refractivity contribution in [2.45, 2.75) is 40.0 Å². The molecule has 15 heavy (non-hydrogen) atoms. The Morgan fingerprint density at radius 3 is 2.20 bits per heavy atom. The zero-order chi connectivity index (χ0) is 11.7. The second kappa shape index (κ2) is 8.26. The van der Waals surface area contributed by atoms with Crippen molar-refractivity contribution in [3.8, 4) is 0 Å². The highest BCUT2D eigenvalue weighted by atomic mass is 16.2. The first-order valence-corrected chi connectivity index (χ1v) is 5.59. The van der Waals surface area contributed by atoms with E-state index in [1.165, 1.54) is 0 Å². The van der Waals surface area contributed by atoms with E-state index in [-0.39, 0.29) is 11.8 Å². The van der Waals surface area contributed by atoms with Gasteiger partial charge in [0.2, 0.25) is 11.8 Å². The summed E-state index contributed by atoms with van der Waals surface area (Å²) in [6.07, 6.45) is 1.74. The van der Waals surface area contributed by atoms with Crippen LogP contribution in [-0.2, 0) is 9.59 Å². The van der Waals surface area contributed by atoms with E-state index in [1.807, 2.05) is 20.8 Å². The van der Waals surface area contributed by atoms with Crippen molar-refractivity contribution in [2.75, 3.05) is 13.1 Å². The van der Waals surface area contributed by atoms with Crippen LogP contribution in [0.1, 0.15) is 40.0 Å². The van der Waals surface area contributed by atoms with Gasteiger partial charge in [-0.1, -0.05) is 20.8 Å². The number of carbonyl (C=O) groups excluding carboxylic acids is 2. The van der Waals surface area contributed by atoms with Gasteiger partial charge in [0, 0.05) is 25.9 Å². The van der Waals surface area contributed by atoms with Crippen molar-refractivity contribution in [1.29, 1.82) is 0 Å². The molecule has 0 aliphatic heterocycles. The Morgan fingerprint density at radius 1 is 1.07 bits per heavy atom. The number of rotatable bonds is 7. The average Bonchev–Trinajstić information content (AvgIpc) is 2.15. The van der Waals surface area contributed by atoms with E-state index < -0.39 is 0 Å². The minimum atomic E-state index is 0.000462. The van der Waals surface area contributed by atoms with E-state index in [0.29, 0.717) is 31.8 Å². The zero-order valence-electron chi connectivity index (χ0n) is 9.93. The Hall–Kier alpha value is -1.06. The smallest absolute Gasteiger partial charge is 0.221 e. The molecule has 0 unspecified atom stereocenters. The minimum absolute atomic E-state index is 0.000462. The highest BCUT2D eigenvalue weighted by Gasteiger charge is 2.03. The molecule has 4 heteroatoms. The van der Waals surface area contributed by atoms with Crippen LogP contribution in [0.2, 0.25) is 0 Å². The fourth-order valence-electron chi connectivity index (χ4n) is 1.04. The lowest BCUT2D eigenvalue weighted by molar-refractivity contribution is -0.122. The first-order valence-electron chi connectivity index (χ1n) is 5.59. The van der Waals surface area contributed by atoms with Crippen molar-refractivity contribution in [3.63, 3.8) is 0 Å². The van der Waals surface area contributed by atoms with Crippen molar-refractivity contribution < 1.29 is 9.59 Å². The SMILES string of the molecule is CCCC(=O)NCCC(=O)NCC(C)C. The van der Waals surface area contributed by atoms with E-state index >= 15 is 0 Å². The van der Waals surface area contributed by atoms with Crippen molar-refractivity contribution in [2.24, 2.45) is 5.92 Å². The van der Waals surface area contributed by atoms with Crippen LogP contribution in [0.15, 0.2) is 0 Å². The van der Waals surface area contributed by atoms with Crippen LogP contribution in [0.5, 0.6) is 0 Å². The topological polar surface area (TPSA) is 58.2 Å². The average molecular weight is 214 g/mol. The Kier molecular flexibility index (Phi) is 7.68. The second-order valence-corrected chi connectivity index (χ2v) is 4.05. The molecule has 2 amide bonds. The molecule has 0 aliphatic carbocycles. The van der Waals surface area contributed by atoms with Gasteiger partial charge in [0.15, 0.2) is 0 Å². The number of amides is 2. The van der Waals surface area contributed by atoms with Gasteiger partial charge in [-0.25, -0.2) is 0 Å². The number of carbonyl (C=O) groups is 2. The molecule has 2 N–H and O–H groups in total. The maximum absolute atomic E-state index is 11.2. The lowest BCUT2D eigenvalue weighted by Gasteiger charge is -2.08. The van der Waals surface area contributed by atoms with E-state index in [0.717, 1.165) is 6.42 Å². The van der Waals surface area contributed by atoms with E-state index in [2.05, 4.69) is 10.6 Å². The Bertz CT molecular complexity index is 203. The molecule has 0 aromatic rings. The maximum Gasteiger partial charge on any atom is 0.221 e. The van der Waals surface area contributed by atoms with Crippen LogP contribution < -0.4 is 10.6 Å². The lowest BCUT2D eigenvalue weighted by atomic mass is 10.2. The monoisotopic (exact) mass is 214 g/mol. The van der Waals surface area contributed by atoms with Gasteiger partial charge in [-0.3, -0.25) is 9.59 Å². The molecule has 0 saturated carbocycles. The fourth-order valence-corrected chi connectivity index (χ4v) is 1.04. The Morgan fingerprint density at radius 2 is 1.67 bits per heavy atom. The summed E-state index contributed by atoms with van der Waals surface area (Å²) in [7, 11) is 0. The Labute approximate surface area is 91.8 Å². The molecule has 0 spiro atoms. The Balaban J connectivity index is 3.42. The summed E-state index contributed by atoms with van der Waals surface area (Å²) in [5.74, 6) is 0.485. The first-order chi connectivity index (χ1) is 7.06. The van der Waals surface area contributed by atoms with Gasteiger partial charge in [0.1, 0.15) is 0 Å². The third kappa shape index (κ3) is 9.25.